The van der Waals surface area contributed by atoms with Crippen LogP contribution in [-0.2, 0) is 14.4 Å². The maximum atomic E-state index is 12.6. The molecule has 0 unspecified atom stereocenters. The molecule has 2 rings (SSSR count). The number of carbonyl (C=O) groups is 3. The largest absolute Gasteiger partial charge is 0.333 e. The average molecular weight is 380 g/mol. The van der Waals surface area contributed by atoms with E-state index in [1.54, 1.807) is 34.1 Å². The van der Waals surface area contributed by atoms with Gasteiger partial charge >= 0.3 is 0 Å². The first kappa shape index (κ1) is 20.2. The van der Waals surface area contributed by atoms with Crippen molar-refractivity contribution in [3.63, 3.8) is 0 Å². The number of rotatable bonds is 7. The van der Waals surface area contributed by atoms with Gasteiger partial charge in [-0.05, 0) is 44.0 Å². The highest BCUT2D eigenvalue weighted by Crippen LogP contribution is 2.22. The van der Waals surface area contributed by atoms with Crippen LogP contribution in [0.5, 0.6) is 0 Å². The highest BCUT2D eigenvalue weighted by Gasteiger charge is 2.33. The lowest BCUT2D eigenvalue weighted by atomic mass is 10.0. The highest BCUT2D eigenvalue weighted by molar-refractivity contribution is 6.30. The van der Waals surface area contributed by atoms with Crippen molar-refractivity contribution in [2.24, 2.45) is 5.92 Å². The summed E-state index contributed by atoms with van der Waals surface area (Å²) in [5.41, 5.74) is 0.704. The Morgan fingerprint density at radius 1 is 1.15 bits per heavy atom. The molecule has 142 valence electrons. The van der Waals surface area contributed by atoms with Crippen LogP contribution in [-0.4, -0.2) is 53.8 Å². The number of anilines is 1. The SMILES string of the molecule is CCC(CC)C(=O)N(CC)CC(=O)N1CC(=O)N(c2ccc(Cl)cc2)C1. The van der Waals surface area contributed by atoms with Gasteiger partial charge in [-0.15, -0.1) is 0 Å². The summed E-state index contributed by atoms with van der Waals surface area (Å²) < 4.78 is 0. The van der Waals surface area contributed by atoms with Gasteiger partial charge in [-0.1, -0.05) is 25.4 Å². The van der Waals surface area contributed by atoms with Crippen molar-refractivity contribution >= 4 is 35.0 Å². The monoisotopic (exact) mass is 379 g/mol. The molecule has 0 atom stereocenters. The molecule has 1 aromatic carbocycles. The molecule has 1 aromatic rings. The van der Waals surface area contributed by atoms with E-state index in [2.05, 4.69) is 0 Å². The minimum atomic E-state index is -0.212. The first-order valence-electron chi connectivity index (χ1n) is 9.03. The van der Waals surface area contributed by atoms with Gasteiger partial charge in [0, 0.05) is 23.2 Å². The normalized spacial score (nSPS) is 14.3. The fourth-order valence-electron chi connectivity index (χ4n) is 3.07. The summed E-state index contributed by atoms with van der Waals surface area (Å²) in [5.74, 6) is -0.412. The van der Waals surface area contributed by atoms with Crippen molar-refractivity contribution in [1.29, 1.82) is 0 Å². The summed E-state index contributed by atoms with van der Waals surface area (Å²) in [6, 6.07) is 6.93. The summed E-state index contributed by atoms with van der Waals surface area (Å²) in [6.45, 7) is 6.52. The van der Waals surface area contributed by atoms with E-state index < -0.39 is 0 Å². The molecule has 1 heterocycles. The van der Waals surface area contributed by atoms with Crippen LogP contribution < -0.4 is 4.90 Å². The number of nitrogens with zero attached hydrogens (tertiary/aromatic N) is 3. The van der Waals surface area contributed by atoms with Gasteiger partial charge in [-0.3, -0.25) is 19.3 Å². The van der Waals surface area contributed by atoms with Gasteiger partial charge in [0.25, 0.3) is 0 Å². The van der Waals surface area contributed by atoms with Gasteiger partial charge in [-0.2, -0.15) is 0 Å². The Kier molecular flexibility index (Phi) is 7.03. The molecule has 1 fully saturated rings. The van der Waals surface area contributed by atoms with Gasteiger partial charge in [-0.25, -0.2) is 0 Å². The minimum absolute atomic E-state index is 0.00549. The third kappa shape index (κ3) is 4.55. The summed E-state index contributed by atoms with van der Waals surface area (Å²) >= 11 is 5.88. The van der Waals surface area contributed by atoms with E-state index in [9.17, 15) is 14.4 Å². The first-order valence-corrected chi connectivity index (χ1v) is 9.41. The fourth-order valence-corrected chi connectivity index (χ4v) is 3.19. The molecule has 0 aromatic heterocycles. The number of carbonyl (C=O) groups excluding carboxylic acids is 3. The molecule has 0 spiro atoms. The smallest absolute Gasteiger partial charge is 0.248 e. The number of hydrogen-bond acceptors (Lipinski definition) is 3. The lowest BCUT2D eigenvalue weighted by Crippen LogP contribution is -2.44. The van der Waals surface area contributed by atoms with Gasteiger partial charge in [0.15, 0.2) is 0 Å². The van der Waals surface area contributed by atoms with Crippen molar-refractivity contribution in [3.05, 3.63) is 29.3 Å². The van der Waals surface area contributed by atoms with E-state index in [1.807, 2.05) is 20.8 Å². The molecule has 0 bridgehead atoms. The summed E-state index contributed by atoms with van der Waals surface area (Å²) in [6.07, 6.45) is 1.51. The predicted octanol–water partition coefficient (Wildman–Crippen LogP) is 2.76. The fraction of sp³-hybridized carbons (Fsp3) is 0.526. The van der Waals surface area contributed by atoms with Gasteiger partial charge in [0.05, 0.1) is 6.54 Å². The maximum absolute atomic E-state index is 12.6. The number of amides is 3. The van der Waals surface area contributed by atoms with Crippen LogP contribution in [0.25, 0.3) is 0 Å². The van der Waals surface area contributed by atoms with Crippen molar-refractivity contribution < 1.29 is 14.4 Å². The molecule has 0 aliphatic carbocycles. The number of hydrogen-bond donors (Lipinski definition) is 0. The Labute approximate surface area is 159 Å². The summed E-state index contributed by atoms with van der Waals surface area (Å²) in [4.78, 5) is 42.1. The molecular weight excluding hydrogens is 354 g/mol. The van der Waals surface area contributed by atoms with Gasteiger partial charge < -0.3 is 9.80 Å². The second-order valence-corrected chi connectivity index (χ2v) is 6.83. The lowest BCUT2D eigenvalue weighted by Gasteiger charge is -2.26. The maximum Gasteiger partial charge on any atom is 0.248 e. The van der Waals surface area contributed by atoms with E-state index in [0.717, 1.165) is 12.8 Å². The molecule has 3 amide bonds. The minimum Gasteiger partial charge on any atom is -0.333 e. The summed E-state index contributed by atoms with van der Waals surface area (Å²) in [5, 5.41) is 0.590. The topological polar surface area (TPSA) is 60.9 Å². The van der Waals surface area contributed by atoms with Crippen LogP contribution in [0.3, 0.4) is 0 Å². The molecule has 1 aliphatic rings. The van der Waals surface area contributed by atoms with Gasteiger partial charge in [0.2, 0.25) is 17.7 Å². The average Bonchev–Trinajstić information content (AvgIpc) is 3.03. The molecule has 7 heteroatoms. The molecule has 6 nitrogen and oxygen atoms in total. The zero-order valence-electron chi connectivity index (χ0n) is 15.6. The van der Waals surface area contributed by atoms with E-state index in [-0.39, 0.29) is 43.4 Å². The van der Waals surface area contributed by atoms with E-state index in [1.165, 1.54) is 4.90 Å². The van der Waals surface area contributed by atoms with Crippen LogP contribution in [0.15, 0.2) is 24.3 Å². The Hall–Kier alpha value is -2.08. The van der Waals surface area contributed by atoms with Gasteiger partial charge in [0.1, 0.15) is 13.2 Å². The number of likely N-dealkylation sites (N-methyl/N-ethyl adjacent to an activating group) is 1. The zero-order chi connectivity index (χ0) is 19.3. The molecule has 1 saturated heterocycles. The molecule has 0 N–H and O–H groups in total. The standard InChI is InChI=1S/C19H26ClN3O3/c1-4-14(5-2)19(26)21(6-3)11-17(24)22-12-18(25)23(13-22)16-9-7-15(20)8-10-16/h7-10,14H,4-6,11-13H2,1-3H3. The first-order chi connectivity index (χ1) is 12.4. The van der Waals surface area contributed by atoms with Crippen LogP contribution in [0.4, 0.5) is 5.69 Å². The third-order valence-electron chi connectivity index (χ3n) is 4.78. The molecule has 0 saturated carbocycles. The van der Waals surface area contributed by atoms with Crippen molar-refractivity contribution in [2.75, 3.05) is 31.2 Å². The quantitative estimate of drug-likeness (QED) is 0.731. The summed E-state index contributed by atoms with van der Waals surface area (Å²) in [7, 11) is 0. The Morgan fingerprint density at radius 3 is 2.31 bits per heavy atom. The van der Waals surface area contributed by atoms with E-state index >= 15 is 0 Å². The molecule has 26 heavy (non-hydrogen) atoms. The Morgan fingerprint density at radius 2 is 1.77 bits per heavy atom. The van der Waals surface area contributed by atoms with E-state index in [0.29, 0.717) is 17.3 Å². The number of benzene rings is 1. The second kappa shape index (κ2) is 9.03. The predicted molar refractivity (Wildman–Crippen MR) is 102 cm³/mol. The van der Waals surface area contributed by atoms with Crippen molar-refractivity contribution in [3.8, 4) is 0 Å². The lowest BCUT2D eigenvalue weighted by molar-refractivity contribution is -0.142. The zero-order valence-corrected chi connectivity index (χ0v) is 16.3. The highest BCUT2D eigenvalue weighted by atomic mass is 35.5. The van der Waals surface area contributed by atoms with Crippen molar-refractivity contribution in [2.45, 2.75) is 33.6 Å². The second-order valence-electron chi connectivity index (χ2n) is 6.40. The van der Waals surface area contributed by atoms with Crippen molar-refractivity contribution in [1.82, 2.24) is 9.80 Å². The Balaban J connectivity index is 2.02. The Bertz CT molecular complexity index is 658. The third-order valence-corrected chi connectivity index (χ3v) is 5.04. The number of halogens is 1. The van der Waals surface area contributed by atoms with Crippen LogP contribution in [0, 0.1) is 5.92 Å². The van der Waals surface area contributed by atoms with Crippen LogP contribution in [0.1, 0.15) is 33.6 Å². The molecule has 0 radical (unpaired) electrons. The molecule has 1 aliphatic heterocycles. The van der Waals surface area contributed by atoms with Crippen LogP contribution in [0.2, 0.25) is 5.02 Å². The van der Waals surface area contributed by atoms with E-state index in [4.69, 9.17) is 11.6 Å². The van der Waals surface area contributed by atoms with Crippen LogP contribution >= 0.6 is 11.6 Å². The molecular formula is C19H26ClN3O3.